The number of nitrogens with zero attached hydrogens (tertiary/aromatic N) is 1. The van der Waals surface area contributed by atoms with Crippen molar-refractivity contribution in [3.8, 4) is 0 Å². The predicted octanol–water partition coefficient (Wildman–Crippen LogP) is 1.92. The molecule has 1 amide bonds. The molecule has 4 nitrogen and oxygen atoms in total. The van der Waals surface area contributed by atoms with Gasteiger partial charge in [0.2, 0.25) is 5.91 Å². The highest BCUT2D eigenvalue weighted by atomic mass is 32.2. The normalized spacial score (nSPS) is 21.2. The van der Waals surface area contributed by atoms with Crippen LogP contribution in [0, 0.1) is 5.92 Å². The summed E-state index contributed by atoms with van der Waals surface area (Å²) in [5.74, 6) is -0.840. The number of carbonyl (C=O) groups excluding carboxylic acids is 1. The fourth-order valence-electron chi connectivity index (χ4n) is 1.60. The number of carboxylic acid groups (broad SMARTS) is 1. The molecule has 0 aliphatic carbocycles. The highest BCUT2D eigenvalue weighted by molar-refractivity contribution is 8.03. The molecule has 0 aromatic carbocycles. The molecule has 0 aromatic rings. The molecule has 0 spiro atoms. The average Bonchev–Trinajstić information content (AvgIpc) is 2.19. The Balaban J connectivity index is 2.91. The first-order valence-corrected chi connectivity index (χ1v) is 6.29. The molecule has 0 aromatic heterocycles. The van der Waals surface area contributed by atoms with Gasteiger partial charge in [0.05, 0.1) is 5.25 Å². The van der Waals surface area contributed by atoms with E-state index in [1.807, 2.05) is 26.2 Å². The van der Waals surface area contributed by atoms with E-state index in [2.05, 4.69) is 0 Å². The van der Waals surface area contributed by atoms with Crippen LogP contribution in [0.2, 0.25) is 0 Å². The molecular weight excluding hydrogens is 226 g/mol. The Morgan fingerprint density at radius 2 is 2.25 bits per heavy atom. The van der Waals surface area contributed by atoms with Crippen LogP contribution in [0.4, 0.5) is 0 Å². The summed E-state index contributed by atoms with van der Waals surface area (Å²) in [5, 5.41) is 10.5. The summed E-state index contributed by atoms with van der Waals surface area (Å²) in [6.45, 7) is 5.63. The van der Waals surface area contributed by atoms with Crippen LogP contribution in [0.1, 0.15) is 27.2 Å². The predicted molar refractivity (Wildman–Crippen MR) is 63.9 cm³/mol. The van der Waals surface area contributed by atoms with Gasteiger partial charge in [-0.3, -0.25) is 9.59 Å². The third kappa shape index (κ3) is 2.78. The maximum Gasteiger partial charge on any atom is 0.323 e. The first kappa shape index (κ1) is 13.1. The monoisotopic (exact) mass is 243 g/mol. The molecule has 1 aliphatic rings. The molecule has 0 saturated carbocycles. The summed E-state index contributed by atoms with van der Waals surface area (Å²) in [7, 11) is 0. The zero-order chi connectivity index (χ0) is 12.3. The summed E-state index contributed by atoms with van der Waals surface area (Å²) in [6, 6.07) is 0. The molecular formula is C11H17NO3S. The summed E-state index contributed by atoms with van der Waals surface area (Å²) in [6.07, 6.45) is 0.677. The van der Waals surface area contributed by atoms with Crippen LogP contribution in [0.25, 0.3) is 0 Å². The third-order valence-corrected chi connectivity index (χ3v) is 3.92. The quantitative estimate of drug-likeness (QED) is 0.819. The van der Waals surface area contributed by atoms with E-state index in [-0.39, 0.29) is 23.6 Å². The molecule has 0 bridgehead atoms. The second-order valence-corrected chi connectivity index (χ2v) is 5.10. The fourth-order valence-corrected chi connectivity index (χ4v) is 2.76. The topological polar surface area (TPSA) is 57.6 Å². The van der Waals surface area contributed by atoms with Crippen molar-refractivity contribution in [2.45, 2.75) is 32.4 Å². The van der Waals surface area contributed by atoms with Crippen LogP contribution in [0.15, 0.2) is 11.1 Å². The van der Waals surface area contributed by atoms with E-state index < -0.39 is 5.97 Å². The maximum atomic E-state index is 12.1. The first-order chi connectivity index (χ1) is 7.47. The second kappa shape index (κ2) is 5.39. The lowest BCUT2D eigenvalue weighted by atomic mass is 10.1. The summed E-state index contributed by atoms with van der Waals surface area (Å²) >= 11 is 1.50. The van der Waals surface area contributed by atoms with Gasteiger partial charge in [-0.1, -0.05) is 20.8 Å². The van der Waals surface area contributed by atoms with Crippen LogP contribution in [0.5, 0.6) is 0 Å². The molecule has 1 atom stereocenters. The summed E-state index contributed by atoms with van der Waals surface area (Å²) < 4.78 is 0. The number of hydrogen-bond donors (Lipinski definition) is 1. The van der Waals surface area contributed by atoms with Gasteiger partial charge >= 0.3 is 5.97 Å². The third-order valence-electron chi connectivity index (χ3n) is 2.47. The number of hydrogen-bond acceptors (Lipinski definition) is 3. The van der Waals surface area contributed by atoms with Gasteiger partial charge in [0, 0.05) is 5.70 Å². The smallest absolute Gasteiger partial charge is 0.323 e. The molecule has 90 valence electrons. The molecule has 1 N–H and O–H groups in total. The molecule has 16 heavy (non-hydrogen) atoms. The largest absolute Gasteiger partial charge is 0.480 e. The lowest BCUT2D eigenvalue weighted by molar-refractivity contribution is -0.143. The molecule has 1 rings (SSSR count). The van der Waals surface area contributed by atoms with Crippen molar-refractivity contribution < 1.29 is 14.7 Å². The lowest BCUT2D eigenvalue weighted by Crippen LogP contribution is -2.44. The van der Waals surface area contributed by atoms with Crippen molar-refractivity contribution in [3.63, 3.8) is 0 Å². The zero-order valence-electron chi connectivity index (χ0n) is 9.77. The Hall–Kier alpha value is -0.970. The minimum Gasteiger partial charge on any atom is -0.480 e. The van der Waals surface area contributed by atoms with Crippen molar-refractivity contribution in [3.05, 3.63) is 11.1 Å². The molecule has 5 heteroatoms. The number of carbonyl (C=O) groups is 2. The summed E-state index contributed by atoms with van der Waals surface area (Å²) in [5.41, 5.74) is 0.800. The van der Waals surface area contributed by atoms with Gasteiger partial charge in [0.15, 0.2) is 0 Å². The van der Waals surface area contributed by atoms with E-state index >= 15 is 0 Å². The highest BCUT2D eigenvalue weighted by Gasteiger charge is 2.33. The lowest BCUT2D eigenvalue weighted by Gasteiger charge is -2.32. The Labute approximate surface area is 99.7 Å². The van der Waals surface area contributed by atoms with E-state index in [0.29, 0.717) is 6.42 Å². The average molecular weight is 243 g/mol. The van der Waals surface area contributed by atoms with E-state index in [1.165, 1.54) is 16.7 Å². The molecule has 0 fully saturated rings. The van der Waals surface area contributed by atoms with Gasteiger partial charge in [-0.2, -0.15) is 0 Å². The molecule has 1 aliphatic heterocycles. The number of allylic oxidation sites excluding steroid dienone is 1. The minimum absolute atomic E-state index is 0.0817. The number of aliphatic carboxylic acids is 1. The van der Waals surface area contributed by atoms with Crippen molar-refractivity contribution >= 4 is 23.6 Å². The van der Waals surface area contributed by atoms with Crippen LogP contribution in [0.3, 0.4) is 0 Å². The van der Waals surface area contributed by atoms with E-state index in [0.717, 1.165) is 5.70 Å². The van der Waals surface area contributed by atoms with Crippen molar-refractivity contribution in [2.75, 3.05) is 6.54 Å². The van der Waals surface area contributed by atoms with Crippen molar-refractivity contribution in [2.24, 2.45) is 5.92 Å². The number of thioether (sulfide) groups is 1. The van der Waals surface area contributed by atoms with E-state index in [4.69, 9.17) is 5.11 Å². The van der Waals surface area contributed by atoms with Gasteiger partial charge in [-0.25, -0.2) is 0 Å². The van der Waals surface area contributed by atoms with Gasteiger partial charge in [-0.15, -0.1) is 11.8 Å². The van der Waals surface area contributed by atoms with Crippen molar-refractivity contribution in [1.29, 1.82) is 0 Å². The van der Waals surface area contributed by atoms with Crippen molar-refractivity contribution in [1.82, 2.24) is 4.90 Å². The molecule has 0 unspecified atom stereocenters. The van der Waals surface area contributed by atoms with Gasteiger partial charge in [0.25, 0.3) is 0 Å². The highest BCUT2D eigenvalue weighted by Crippen LogP contribution is 2.31. The summed E-state index contributed by atoms with van der Waals surface area (Å²) in [4.78, 5) is 24.2. The Kier molecular flexibility index (Phi) is 4.41. The maximum absolute atomic E-state index is 12.1. The number of rotatable bonds is 4. The Morgan fingerprint density at radius 1 is 1.62 bits per heavy atom. The standard InChI is InChI=1S/C11H17NO3S/c1-4-8-6-16-10(7(2)3)11(15)12(8)5-9(13)14/h6-7,10H,4-5H2,1-3H3,(H,13,14)/t10-/m0/s1. The fraction of sp³-hybridized carbons (Fsp3) is 0.636. The molecule has 0 saturated heterocycles. The van der Waals surface area contributed by atoms with Crippen LogP contribution >= 0.6 is 11.8 Å². The van der Waals surface area contributed by atoms with Gasteiger partial charge in [0.1, 0.15) is 6.54 Å². The number of carboxylic acids is 1. The van der Waals surface area contributed by atoms with Crippen LogP contribution in [-0.2, 0) is 9.59 Å². The van der Waals surface area contributed by atoms with E-state index in [9.17, 15) is 9.59 Å². The van der Waals surface area contributed by atoms with Gasteiger partial charge in [-0.05, 0) is 17.7 Å². The SMILES string of the molecule is CCC1=CS[C@@H](C(C)C)C(=O)N1CC(=O)O. The molecule has 0 radical (unpaired) electrons. The Morgan fingerprint density at radius 3 is 2.69 bits per heavy atom. The van der Waals surface area contributed by atoms with E-state index in [1.54, 1.807) is 0 Å². The van der Waals surface area contributed by atoms with Gasteiger partial charge < -0.3 is 10.0 Å². The Bertz CT molecular complexity index is 325. The first-order valence-electron chi connectivity index (χ1n) is 5.35. The van der Waals surface area contributed by atoms with Crippen LogP contribution < -0.4 is 0 Å². The number of amides is 1. The zero-order valence-corrected chi connectivity index (χ0v) is 10.6. The minimum atomic E-state index is -0.970. The molecule has 1 heterocycles. The van der Waals surface area contributed by atoms with Crippen LogP contribution in [-0.4, -0.2) is 33.7 Å². The second-order valence-electron chi connectivity index (χ2n) is 4.08.